The van der Waals surface area contributed by atoms with Crippen molar-refractivity contribution in [3.8, 4) is 5.75 Å². The quantitative estimate of drug-likeness (QED) is 0.870. The molecule has 0 radical (unpaired) electrons. The number of benzene rings is 1. The van der Waals surface area contributed by atoms with Crippen molar-refractivity contribution < 1.29 is 27.8 Å². The van der Waals surface area contributed by atoms with E-state index in [1.807, 2.05) is 0 Å². The molecule has 0 saturated carbocycles. The Morgan fingerprint density at radius 2 is 2.17 bits per heavy atom. The van der Waals surface area contributed by atoms with E-state index in [1.165, 1.54) is 35.4 Å². The lowest BCUT2D eigenvalue weighted by atomic mass is 10.2. The van der Waals surface area contributed by atoms with Crippen molar-refractivity contribution in [3.05, 3.63) is 53.9 Å². The predicted molar refractivity (Wildman–Crippen MR) is 76.2 cm³/mol. The smallest absolute Gasteiger partial charge is 0.416 e. The Balaban J connectivity index is 2.25. The summed E-state index contributed by atoms with van der Waals surface area (Å²) in [5.74, 6) is -1.05. The first-order valence-electron chi connectivity index (χ1n) is 6.82. The maximum Gasteiger partial charge on any atom is 0.416 e. The number of alkyl halides is 3. The highest BCUT2D eigenvalue weighted by Gasteiger charge is 2.31. The van der Waals surface area contributed by atoms with Crippen LogP contribution in [0.4, 0.5) is 13.2 Å². The molecule has 0 amide bonds. The van der Waals surface area contributed by atoms with Gasteiger partial charge in [0.2, 0.25) is 5.88 Å². The summed E-state index contributed by atoms with van der Waals surface area (Å²) >= 11 is 0. The highest BCUT2D eigenvalue weighted by atomic mass is 19.4. The molecule has 1 heterocycles. The van der Waals surface area contributed by atoms with Crippen molar-refractivity contribution in [1.82, 2.24) is 10.4 Å². The molecule has 2 rings (SSSR count). The fourth-order valence-electron chi connectivity index (χ4n) is 2.03. The molecular formula is C15H15F3N2O3. The molecule has 1 aliphatic heterocycles. The van der Waals surface area contributed by atoms with Gasteiger partial charge in [-0.3, -0.25) is 5.01 Å². The number of hydrogen-bond donors (Lipinski definition) is 2. The number of carbonyl (C=O) groups is 1. The minimum Gasteiger partial charge on any atom is -0.479 e. The van der Waals surface area contributed by atoms with Crippen LogP contribution in [-0.2, 0) is 11.0 Å². The van der Waals surface area contributed by atoms with Crippen LogP contribution in [0.3, 0.4) is 0 Å². The average Bonchev–Trinajstić information content (AvgIpc) is 2.48. The zero-order valence-electron chi connectivity index (χ0n) is 12.2. The van der Waals surface area contributed by atoms with Crippen LogP contribution in [0.2, 0.25) is 0 Å². The molecule has 2 N–H and O–H groups in total. The minimum atomic E-state index is -4.48. The number of allylic oxidation sites excluding steroid dienone is 2. The summed E-state index contributed by atoms with van der Waals surface area (Å²) in [6.45, 7) is 2.18. The first kappa shape index (κ1) is 16.9. The molecule has 0 fully saturated rings. The summed E-state index contributed by atoms with van der Waals surface area (Å²) in [6.07, 6.45) is -0.0902. The molecule has 0 spiro atoms. The molecule has 1 aromatic rings. The number of nitrogens with zero attached hydrogens (tertiary/aromatic N) is 1. The fourth-order valence-corrected chi connectivity index (χ4v) is 2.03. The van der Waals surface area contributed by atoms with Gasteiger partial charge in [0, 0.05) is 6.54 Å². The largest absolute Gasteiger partial charge is 0.479 e. The normalized spacial score (nSPS) is 17.8. The second-order valence-corrected chi connectivity index (χ2v) is 4.68. The molecule has 8 heteroatoms. The lowest BCUT2D eigenvalue weighted by Gasteiger charge is -2.32. The van der Waals surface area contributed by atoms with Crippen molar-refractivity contribution in [2.45, 2.75) is 19.1 Å². The third-order valence-corrected chi connectivity index (χ3v) is 3.01. The summed E-state index contributed by atoms with van der Waals surface area (Å²) in [7, 11) is 0. The van der Waals surface area contributed by atoms with E-state index < -0.39 is 23.8 Å². The second-order valence-electron chi connectivity index (χ2n) is 4.68. The van der Waals surface area contributed by atoms with Gasteiger partial charge in [-0.25, -0.2) is 10.2 Å². The molecule has 1 atom stereocenters. The molecule has 1 unspecified atom stereocenters. The van der Waals surface area contributed by atoms with Crippen LogP contribution < -0.4 is 10.2 Å². The third kappa shape index (κ3) is 4.04. The fraction of sp³-hybridized carbons (Fsp3) is 0.267. The van der Waals surface area contributed by atoms with Crippen molar-refractivity contribution in [3.63, 3.8) is 0 Å². The summed E-state index contributed by atoms with van der Waals surface area (Å²) in [6, 6.07) is 3.38. The van der Waals surface area contributed by atoms with Crippen molar-refractivity contribution in [1.29, 1.82) is 0 Å². The Hall–Kier alpha value is -2.48. The van der Waals surface area contributed by atoms with E-state index in [2.05, 4.69) is 5.43 Å². The van der Waals surface area contributed by atoms with Gasteiger partial charge in [0.15, 0.2) is 6.04 Å². The van der Waals surface area contributed by atoms with Crippen molar-refractivity contribution >= 4 is 5.97 Å². The van der Waals surface area contributed by atoms with Gasteiger partial charge in [-0.05, 0) is 30.4 Å². The van der Waals surface area contributed by atoms with E-state index in [0.717, 1.165) is 12.1 Å². The number of rotatable bonds is 5. The summed E-state index contributed by atoms with van der Waals surface area (Å²) in [5, 5.41) is 10.5. The summed E-state index contributed by atoms with van der Waals surface area (Å²) < 4.78 is 43.6. The molecule has 23 heavy (non-hydrogen) atoms. The molecular weight excluding hydrogens is 313 g/mol. The van der Waals surface area contributed by atoms with Gasteiger partial charge >= 0.3 is 12.1 Å². The average molecular weight is 328 g/mol. The number of carboxylic acids is 1. The van der Waals surface area contributed by atoms with Gasteiger partial charge in [0.1, 0.15) is 5.75 Å². The van der Waals surface area contributed by atoms with Crippen molar-refractivity contribution in [2.24, 2.45) is 0 Å². The zero-order chi connectivity index (χ0) is 17.0. The Morgan fingerprint density at radius 3 is 2.78 bits per heavy atom. The Bertz CT molecular complexity index is 641. The Kier molecular flexibility index (Phi) is 4.95. The molecule has 1 aromatic carbocycles. The maximum atomic E-state index is 12.7. The topological polar surface area (TPSA) is 61.8 Å². The number of ether oxygens (including phenoxy) is 1. The van der Waals surface area contributed by atoms with E-state index in [-0.39, 0.29) is 11.6 Å². The number of hydrazine groups is 1. The molecule has 5 nitrogen and oxygen atoms in total. The molecule has 0 aromatic heterocycles. The first-order valence-corrected chi connectivity index (χ1v) is 6.82. The van der Waals surface area contributed by atoms with Gasteiger partial charge < -0.3 is 9.84 Å². The van der Waals surface area contributed by atoms with E-state index in [1.54, 1.807) is 6.92 Å². The van der Waals surface area contributed by atoms with Crippen LogP contribution in [-0.4, -0.2) is 28.7 Å². The molecule has 0 bridgehead atoms. The lowest BCUT2D eigenvalue weighted by Crippen LogP contribution is -2.50. The third-order valence-electron chi connectivity index (χ3n) is 3.01. The molecule has 124 valence electrons. The van der Waals surface area contributed by atoms with Gasteiger partial charge in [-0.2, -0.15) is 13.2 Å². The number of halogens is 3. The van der Waals surface area contributed by atoms with Crippen LogP contribution >= 0.6 is 0 Å². The highest BCUT2D eigenvalue weighted by Crippen LogP contribution is 2.32. The molecule has 0 saturated heterocycles. The molecule has 0 aliphatic carbocycles. The Labute approximate surface area is 130 Å². The van der Waals surface area contributed by atoms with Crippen LogP contribution in [0, 0.1) is 0 Å². The van der Waals surface area contributed by atoms with Gasteiger partial charge in [-0.15, -0.1) is 0 Å². The maximum absolute atomic E-state index is 12.7. The van der Waals surface area contributed by atoms with Crippen LogP contribution in [0.5, 0.6) is 5.75 Å². The Morgan fingerprint density at radius 1 is 1.43 bits per heavy atom. The summed E-state index contributed by atoms with van der Waals surface area (Å²) in [5.41, 5.74) is 1.98. The van der Waals surface area contributed by atoms with Gasteiger partial charge in [0.25, 0.3) is 0 Å². The van der Waals surface area contributed by atoms with E-state index >= 15 is 0 Å². The zero-order valence-corrected chi connectivity index (χ0v) is 12.2. The highest BCUT2D eigenvalue weighted by molar-refractivity contribution is 5.76. The van der Waals surface area contributed by atoms with Crippen LogP contribution in [0.25, 0.3) is 0 Å². The van der Waals surface area contributed by atoms with E-state index in [9.17, 15) is 23.1 Å². The predicted octanol–water partition coefficient (Wildman–Crippen LogP) is 2.78. The summed E-state index contributed by atoms with van der Waals surface area (Å²) in [4.78, 5) is 11.3. The van der Waals surface area contributed by atoms with Crippen molar-refractivity contribution in [2.75, 3.05) is 6.54 Å². The SMILES string of the molecule is CCNN1C(Oc2cccc(C(F)(F)F)c2)=CC=CC1C(=O)O. The van der Waals surface area contributed by atoms with E-state index in [0.29, 0.717) is 6.54 Å². The first-order chi connectivity index (χ1) is 10.8. The number of aliphatic carboxylic acids is 1. The minimum absolute atomic E-state index is 0.0339. The monoisotopic (exact) mass is 328 g/mol. The number of nitrogens with one attached hydrogen (secondary N) is 1. The second kappa shape index (κ2) is 6.74. The van der Waals surface area contributed by atoms with Crippen LogP contribution in [0.1, 0.15) is 12.5 Å². The van der Waals surface area contributed by atoms with E-state index in [4.69, 9.17) is 4.74 Å². The molecule has 1 aliphatic rings. The number of hydrogen-bond acceptors (Lipinski definition) is 4. The standard InChI is InChI=1S/C15H15F3N2O3/c1-2-19-20-12(14(21)22)7-4-8-13(20)23-11-6-3-5-10(9-11)15(16,17)18/h3-9,12,19H,2H2,1H3,(H,21,22). The lowest BCUT2D eigenvalue weighted by molar-refractivity contribution is -0.142. The van der Waals surface area contributed by atoms with Crippen LogP contribution in [0.15, 0.2) is 48.4 Å². The number of carboxylic acid groups (broad SMARTS) is 1. The van der Waals surface area contributed by atoms with Gasteiger partial charge in [0.05, 0.1) is 5.56 Å². The van der Waals surface area contributed by atoms with Gasteiger partial charge in [-0.1, -0.05) is 19.1 Å².